The minimum Gasteiger partial charge on any atom is -0.351 e. The number of nitrogens with zero attached hydrogens (tertiary/aromatic N) is 2. The topological polar surface area (TPSA) is 61.0 Å². The Kier molecular flexibility index (Phi) is 6.62. The quantitative estimate of drug-likeness (QED) is 0.729. The Bertz CT molecular complexity index is 620. The number of amides is 1. The molecular formula is C17H23ClN4O. The Morgan fingerprint density at radius 1 is 1.26 bits per heavy atom. The van der Waals surface area contributed by atoms with Crippen molar-refractivity contribution in [3.8, 4) is 11.3 Å². The third-order valence-electron chi connectivity index (χ3n) is 3.79. The summed E-state index contributed by atoms with van der Waals surface area (Å²) in [5.41, 5.74) is 2.12. The molecule has 23 heavy (non-hydrogen) atoms. The van der Waals surface area contributed by atoms with E-state index in [2.05, 4.69) is 34.3 Å². The van der Waals surface area contributed by atoms with Crippen molar-refractivity contribution < 1.29 is 4.79 Å². The van der Waals surface area contributed by atoms with E-state index < -0.39 is 0 Å². The van der Waals surface area contributed by atoms with Crippen LogP contribution in [0.5, 0.6) is 0 Å². The van der Waals surface area contributed by atoms with Crippen molar-refractivity contribution >= 4 is 17.5 Å². The molecule has 0 atom stereocenters. The summed E-state index contributed by atoms with van der Waals surface area (Å²) in [6.45, 7) is 8.01. The van der Waals surface area contributed by atoms with Crippen molar-refractivity contribution in [2.45, 2.75) is 20.3 Å². The molecule has 2 N–H and O–H groups in total. The van der Waals surface area contributed by atoms with Gasteiger partial charge in [0.2, 0.25) is 0 Å². The molecule has 0 aliphatic heterocycles. The van der Waals surface area contributed by atoms with Gasteiger partial charge in [-0.3, -0.25) is 9.89 Å². The van der Waals surface area contributed by atoms with Crippen LogP contribution in [0, 0.1) is 0 Å². The molecule has 1 heterocycles. The van der Waals surface area contributed by atoms with E-state index in [4.69, 9.17) is 11.6 Å². The monoisotopic (exact) mass is 334 g/mol. The molecule has 0 aliphatic rings. The number of aromatic nitrogens is 2. The molecular weight excluding hydrogens is 312 g/mol. The van der Waals surface area contributed by atoms with Crippen molar-refractivity contribution in [3.63, 3.8) is 0 Å². The van der Waals surface area contributed by atoms with Gasteiger partial charge in [-0.05, 0) is 44.3 Å². The van der Waals surface area contributed by atoms with E-state index >= 15 is 0 Å². The highest BCUT2D eigenvalue weighted by atomic mass is 35.5. The zero-order valence-corrected chi connectivity index (χ0v) is 14.4. The van der Waals surface area contributed by atoms with E-state index in [-0.39, 0.29) is 5.91 Å². The molecule has 0 spiro atoms. The maximum absolute atomic E-state index is 12.1. The maximum Gasteiger partial charge on any atom is 0.269 e. The predicted molar refractivity (Wildman–Crippen MR) is 93.8 cm³/mol. The van der Waals surface area contributed by atoms with Crippen molar-refractivity contribution in [2.24, 2.45) is 0 Å². The summed E-state index contributed by atoms with van der Waals surface area (Å²) in [5, 5.41) is 10.6. The number of hydrogen-bond acceptors (Lipinski definition) is 3. The van der Waals surface area contributed by atoms with Crippen molar-refractivity contribution in [2.75, 3.05) is 26.2 Å². The van der Waals surface area contributed by atoms with Gasteiger partial charge in [0.25, 0.3) is 5.91 Å². The summed E-state index contributed by atoms with van der Waals surface area (Å²) < 4.78 is 0. The van der Waals surface area contributed by atoms with Gasteiger partial charge in [0, 0.05) is 17.1 Å². The van der Waals surface area contributed by atoms with Gasteiger partial charge in [-0.1, -0.05) is 37.6 Å². The lowest BCUT2D eigenvalue weighted by Crippen LogP contribution is -2.30. The number of rotatable bonds is 8. The number of hydrogen-bond donors (Lipinski definition) is 2. The zero-order valence-electron chi connectivity index (χ0n) is 13.6. The third kappa shape index (κ3) is 5.08. The van der Waals surface area contributed by atoms with Crippen LogP contribution in [0.2, 0.25) is 5.02 Å². The minimum atomic E-state index is -0.128. The lowest BCUT2D eigenvalue weighted by atomic mass is 10.1. The first-order valence-electron chi connectivity index (χ1n) is 7.96. The smallest absolute Gasteiger partial charge is 0.269 e. The molecule has 6 heteroatoms. The number of nitrogens with one attached hydrogen (secondary N) is 2. The second-order valence-electron chi connectivity index (χ2n) is 5.31. The standard InChI is InChI=1S/C17H23ClN4O/c1-3-22(4-2)11-5-10-19-17(23)16-12-15(20-21-16)13-6-8-14(18)9-7-13/h6-9,12H,3-5,10-11H2,1-2H3,(H,19,23)(H,20,21). The number of carbonyl (C=O) groups excluding carboxylic acids is 1. The van der Waals surface area contributed by atoms with E-state index in [1.807, 2.05) is 12.1 Å². The first-order valence-corrected chi connectivity index (χ1v) is 8.33. The van der Waals surface area contributed by atoms with Gasteiger partial charge in [0.1, 0.15) is 5.69 Å². The second kappa shape index (κ2) is 8.70. The molecule has 0 saturated carbocycles. The van der Waals surface area contributed by atoms with Gasteiger partial charge >= 0.3 is 0 Å². The Balaban J connectivity index is 1.85. The fourth-order valence-electron chi connectivity index (χ4n) is 2.35. The lowest BCUT2D eigenvalue weighted by molar-refractivity contribution is 0.0947. The highest BCUT2D eigenvalue weighted by Gasteiger charge is 2.10. The molecule has 124 valence electrons. The van der Waals surface area contributed by atoms with E-state index in [1.54, 1.807) is 18.2 Å². The Morgan fingerprint density at radius 3 is 2.61 bits per heavy atom. The fourth-order valence-corrected chi connectivity index (χ4v) is 2.47. The second-order valence-corrected chi connectivity index (χ2v) is 5.75. The normalized spacial score (nSPS) is 11.0. The van der Waals surface area contributed by atoms with Crippen molar-refractivity contribution in [3.05, 3.63) is 41.0 Å². The maximum atomic E-state index is 12.1. The summed E-state index contributed by atoms with van der Waals surface area (Å²) in [7, 11) is 0. The van der Waals surface area contributed by atoms with Gasteiger partial charge in [-0.15, -0.1) is 0 Å². The first kappa shape index (κ1) is 17.5. The molecule has 1 aromatic heterocycles. The van der Waals surface area contributed by atoms with Gasteiger partial charge in [0.15, 0.2) is 0 Å². The van der Waals surface area contributed by atoms with Crippen LogP contribution in [0.25, 0.3) is 11.3 Å². The fraction of sp³-hybridized carbons (Fsp3) is 0.412. The molecule has 0 fully saturated rings. The van der Waals surface area contributed by atoms with Crippen LogP contribution in [0.4, 0.5) is 0 Å². The van der Waals surface area contributed by atoms with Gasteiger partial charge in [0.05, 0.1) is 5.69 Å². The van der Waals surface area contributed by atoms with Crippen LogP contribution < -0.4 is 5.32 Å². The molecule has 0 bridgehead atoms. The summed E-state index contributed by atoms with van der Waals surface area (Å²) >= 11 is 5.87. The summed E-state index contributed by atoms with van der Waals surface area (Å²) in [5.74, 6) is -0.128. The van der Waals surface area contributed by atoms with E-state index in [1.165, 1.54) is 0 Å². The molecule has 2 aromatic rings. The van der Waals surface area contributed by atoms with Gasteiger partial charge in [-0.25, -0.2) is 0 Å². The van der Waals surface area contributed by atoms with E-state index in [0.717, 1.165) is 37.3 Å². The predicted octanol–water partition coefficient (Wildman–Crippen LogP) is 3.19. The number of carbonyl (C=O) groups is 1. The Hall–Kier alpha value is -1.85. The number of benzene rings is 1. The molecule has 0 aliphatic carbocycles. The SMILES string of the molecule is CCN(CC)CCCNC(=O)c1cc(-c2ccc(Cl)cc2)n[nH]1. The lowest BCUT2D eigenvalue weighted by Gasteiger charge is -2.17. The highest BCUT2D eigenvalue weighted by Crippen LogP contribution is 2.20. The molecule has 0 unspecified atom stereocenters. The Labute approximate surface area is 142 Å². The van der Waals surface area contributed by atoms with Crippen molar-refractivity contribution in [1.82, 2.24) is 20.4 Å². The molecule has 0 saturated heterocycles. The number of aromatic amines is 1. The van der Waals surface area contributed by atoms with Crippen LogP contribution in [0.15, 0.2) is 30.3 Å². The Morgan fingerprint density at radius 2 is 1.96 bits per heavy atom. The molecule has 1 amide bonds. The van der Waals surface area contributed by atoms with Crippen LogP contribution >= 0.6 is 11.6 Å². The average Bonchev–Trinajstić information content (AvgIpc) is 3.05. The molecule has 2 rings (SSSR count). The highest BCUT2D eigenvalue weighted by molar-refractivity contribution is 6.30. The third-order valence-corrected chi connectivity index (χ3v) is 4.05. The summed E-state index contributed by atoms with van der Waals surface area (Å²) in [4.78, 5) is 14.4. The van der Waals surface area contributed by atoms with Gasteiger partial charge < -0.3 is 10.2 Å². The van der Waals surface area contributed by atoms with Crippen LogP contribution in [0.3, 0.4) is 0 Å². The summed E-state index contributed by atoms with van der Waals surface area (Å²) in [6.07, 6.45) is 0.936. The van der Waals surface area contributed by atoms with E-state index in [9.17, 15) is 4.79 Å². The molecule has 0 radical (unpaired) electrons. The zero-order chi connectivity index (χ0) is 16.7. The van der Waals surface area contributed by atoms with Crippen molar-refractivity contribution in [1.29, 1.82) is 0 Å². The number of H-pyrrole nitrogens is 1. The minimum absolute atomic E-state index is 0.128. The van der Waals surface area contributed by atoms with E-state index in [0.29, 0.717) is 17.3 Å². The average molecular weight is 335 g/mol. The van der Waals surface area contributed by atoms with Crippen LogP contribution in [-0.2, 0) is 0 Å². The first-order chi connectivity index (χ1) is 11.1. The molecule has 1 aromatic carbocycles. The number of halogens is 1. The van der Waals surface area contributed by atoms with Gasteiger partial charge in [-0.2, -0.15) is 5.10 Å². The van der Waals surface area contributed by atoms with Crippen LogP contribution in [0.1, 0.15) is 30.8 Å². The van der Waals surface area contributed by atoms with Crippen LogP contribution in [-0.4, -0.2) is 47.2 Å². The largest absolute Gasteiger partial charge is 0.351 e. The molecule has 5 nitrogen and oxygen atoms in total. The summed E-state index contributed by atoms with van der Waals surface area (Å²) in [6, 6.07) is 9.12.